The monoisotopic (exact) mass is 403 g/mol. The van der Waals surface area contributed by atoms with E-state index in [1.165, 1.54) is 6.33 Å². The summed E-state index contributed by atoms with van der Waals surface area (Å²) in [5.74, 6) is 1.88. The van der Waals surface area contributed by atoms with Gasteiger partial charge in [0.1, 0.15) is 29.5 Å². The van der Waals surface area contributed by atoms with Crippen LogP contribution in [0.2, 0.25) is 0 Å². The summed E-state index contributed by atoms with van der Waals surface area (Å²) in [5, 5.41) is 14.0. The van der Waals surface area contributed by atoms with Gasteiger partial charge in [0, 0.05) is 30.7 Å². The van der Waals surface area contributed by atoms with Gasteiger partial charge in [-0.25, -0.2) is 15.0 Å². The highest BCUT2D eigenvalue weighted by Gasteiger charge is 2.11. The van der Waals surface area contributed by atoms with Crippen LogP contribution in [0, 0.1) is 6.92 Å². The van der Waals surface area contributed by atoms with Crippen LogP contribution < -0.4 is 16.0 Å². The van der Waals surface area contributed by atoms with E-state index in [0.717, 1.165) is 10.9 Å². The Morgan fingerprint density at radius 1 is 1.00 bits per heavy atom. The summed E-state index contributed by atoms with van der Waals surface area (Å²) in [6.45, 7) is 2.96. The molecule has 0 saturated carbocycles. The minimum Gasteiger partial charge on any atom is -0.368 e. The number of nitrogens with zero attached hydrogens (tertiary/aromatic N) is 4. The molecule has 30 heavy (non-hydrogen) atoms. The highest BCUT2D eigenvalue weighted by atomic mass is 16.5. The number of pyridine rings is 1. The molecule has 0 bridgehead atoms. The number of anilines is 3. The van der Waals surface area contributed by atoms with E-state index in [2.05, 4.69) is 36.1 Å². The third kappa shape index (κ3) is 4.88. The predicted octanol–water partition coefficient (Wildman–Crippen LogP) is 2.84. The normalized spacial score (nSPS) is 10.7. The first-order valence-corrected chi connectivity index (χ1v) is 9.53. The lowest BCUT2D eigenvalue weighted by Crippen LogP contribution is -2.30. The molecule has 3 heterocycles. The molecule has 1 amide bonds. The van der Waals surface area contributed by atoms with Crippen LogP contribution in [0.4, 0.5) is 17.5 Å². The van der Waals surface area contributed by atoms with E-state index in [4.69, 9.17) is 4.52 Å². The number of aryl methyl sites for hydroxylation is 1. The lowest BCUT2D eigenvalue weighted by atomic mass is 10.1. The van der Waals surface area contributed by atoms with E-state index in [-0.39, 0.29) is 12.3 Å². The number of para-hydroxylation sites is 1. The van der Waals surface area contributed by atoms with E-state index in [1.54, 1.807) is 12.3 Å². The fraction of sp³-hybridized carbons (Fsp3) is 0.190. The van der Waals surface area contributed by atoms with Crippen LogP contribution in [0.15, 0.2) is 59.5 Å². The van der Waals surface area contributed by atoms with Crippen molar-refractivity contribution >= 4 is 34.3 Å². The van der Waals surface area contributed by atoms with Gasteiger partial charge in [-0.05, 0) is 36.8 Å². The SMILES string of the molecule is Cc1ccnc(Nc2cc(NCCNC(=O)Cc3noc4ccccc34)ncn2)c1. The number of rotatable bonds is 8. The van der Waals surface area contributed by atoms with Crippen molar-refractivity contribution in [3.8, 4) is 0 Å². The van der Waals surface area contributed by atoms with Gasteiger partial charge in [0.05, 0.1) is 6.42 Å². The highest BCUT2D eigenvalue weighted by molar-refractivity contribution is 5.86. The van der Waals surface area contributed by atoms with Crippen molar-refractivity contribution in [3.63, 3.8) is 0 Å². The molecule has 0 saturated heterocycles. The fourth-order valence-electron chi connectivity index (χ4n) is 2.93. The summed E-state index contributed by atoms with van der Waals surface area (Å²) in [7, 11) is 0. The molecule has 4 aromatic rings. The summed E-state index contributed by atoms with van der Waals surface area (Å²) >= 11 is 0. The van der Waals surface area contributed by atoms with Gasteiger partial charge in [-0.1, -0.05) is 17.3 Å². The van der Waals surface area contributed by atoms with Crippen molar-refractivity contribution in [2.24, 2.45) is 0 Å². The summed E-state index contributed by atoms with van der Waals surface area (Å²) in [4.78, 5) is 24.8. The Kier molecular flexibility index (Phi) is 5.79. The zero-order valence-corrected chi connectivity index (χ0v) is 16.4. The van der Waals surface area contributed by atoms with E-state index in [0.29, 0.717) is 41.8 Å². The van der Waals surface area contributed by atoms with E-state index in [9.17, 15) is 4.79 Å². The number of carbonyl (C=O) groups is 1. The first-order valence-electron chi connectivity index (χ1n) is 9.53. The molecular weight excluding hydrogens is 382 g/mol. The topological polar surface area (TPSA) is 118 Å². The van der Waals surface area contributed by atoms with Crippen molar-refractivity contribution in [2.75, 3.05) is 23.7 Å². The van der Waals surface area contributed by atoms with E-state index >= 15 is 0 Å². The molecule has 9 nitrogen and oxygen atoms in total. The van der Waals surface area contributed by atoms with Crippen LogP contribution >= 0.6 is 0 Å². The predicted molar refractivity (Wildman–Crippen MR) is 114 cm³/mol. The quantitative estimate of drug-likeness (QED) is 0.384. The second-order valence-corrected chi connectivity index (χ2v) is 6.71. The Balaban J connectivity index is 1.25. The first kappa shape index (κ1) is 19.3. The van der Waals surface area contributed by atoms with Gasteiger partial charge in [-0.15, -0.1) is 0 Å². The van der Waals surface area contributed by atoms with Crippen molar-refractivity contribution in [1.29, 1.82) is 0 Å². The van der Waals surface area contributed by atoms with Crippen LogP contribution in [0.5, 0.6) is 0 Å². The Hall–Kier alpha value is -4.01. The van der Waals surface area contributed by atoms with Crippen molar-refractivity contribution in [2.45, 2.75) is 13.3 Å². The average Bonchev–Trinajstić information content (AvgIpc) is 3.14. The van der Waals surface area contributed by atoms with Gasteiger partial charge in [0.15, 0.2) is 5.58 Å². The van der Waals surface area contributed by atoms with Crippen LogP contribution in [0.3, 0.4) is 0 Å². The standard InChI is InChI=1S/C21H21N7O2/c1-14-6-7-22-19(10-14)27-20-12-18(25-13-26-20)23-8-9-24-21(29)11-16-15-4-2-3-5-17(15)30-28-16/h2-7,10,12-13H,8-9,11H2,1H3,(H,24,29)(H2,22,23,25,26,27). The number of carbonyl (C=O) groups excluding carboxylic acids is 1. The second kappa shape index (κ2) is 8.99. The molecule has 0 aliphatic rings. The molecule has 1 aromatic carbocycles. The van der Waals surface area contributed by atoms with Crippen LogP contribution in [-0.4, -0.2) is 39.1 Å². The number of amides is 1. The molecule has 0 fully saturated rings. The minimum absolute atomic E-state index is 0.119. The zero-order chi connectivity index (χ0) is 20.8. The van der Waals surface area contributed by atoms with Gasteiger partial charge >= 0.3 is 0 Å². The molecule has 0 unspecified atom stereocenters. The number of fused-ring (bicyclic) bond motifs is 1. The zero-order valence-electron chi connectivity index (χ0n) is 16.4. The summed E-state index contributed by atoms with van der Waals surface area (Å²) in [6, 6.07) is 13.1. The Morgan fingerprint density at radius 2 is 1.83 bits per heavy atom. The molecule has 9 heteroatoms. The number of nitrogens with one attached hydrogen (secondary N) is 3. The van der Waals surface area contributed by atoms with Gasteiger partial charge in [-0.2, -0.15) is 0 Å². The van der Waals surface area contributed by atoms with Crippen LogP contribution in [0.25, 0.3) is 11.0 Å². The lowest BCUT2D eigenvalue weighted by Gasteiger charge is -2.09. The van der Waals surface area contributed by atoms with Crippen LogP contribution in [0.1, 0.15) is 11.3 Å². The minimum atomic E-state index is -0.119. The van der Waals surface area contributed by atoms with Gasteiger partial charge in [0.2, 0.25) is 5.91 Å². The molecule has 0 radical (unpaired) electrons. The summed E-state index contributed by atoms with van der Waals surface area (Å²) in [6.07, 6.45) is 3.37. The third-order valence-electron chi connectivity index (χ3n) is 4.37. The fourth-order valence-corrected chi connectivity index (χ4v) is 2.93. The molecule has 0 aliphatic heterocycles. The largest absolute Gasteiger partial charge is 0.368 e. The lowest BCUT2D eigenvalue weighted by molar-refractivity contribution is -0.120. The number of hydrogen-bond acceptors (Lipinski definition) is 8. The summed E-state index contributed by atoms with van der Waals surface area (Å²) in [5.41, 5.74) is 2.41. The molecule has 3 aromatic heterocycles. The van der Waals surface area contributed by atoms with Gasteiger partial charge < -0.3 is 20.5 Å². The molecule has 0 atom stereocenters. The number of aromatic nitrogens is 4. The molecule has 0 aliphatic carbocycles. The number of benzene rings is 1. The molecule has 4 rings (SSSR count). The van der Waals surface area contributed by atoms with Crippen molar-refractivity contribution < 1.29 is 9.32 Å². The smallest absolute Gasteiger partial charge is 0.226 e. The van der Waals surface area contributed by atoms with Crippen LogP contribution in [-0.2, 0) is 11.2 Å². The molecule has 152 valence electrons. The average molecular weight is 403 g/mol. The molecule has 3 N–H and O–H groups in total. The van der Waals surface area contributed by atoms with Gasteiger partial charge in [0.25, 0.3) is 0 Å². The third-order valence-corrected chi connectivity index (χ3v) is 4.37. The highest BCUT2D eigenvalue weighted by Crippen LogP contribution is 2.18. The summed E-state index contributed by atoms with van der Waals surface area (Å²) < 4.78 is 5.23. The maximum Gasteiger partial charge on any atom is 0.226 e. The first-order chi connectivity index (χ1) is 14.7. The Labute approximate surface area is 172 Å². The molecular formula is C21H21N7O2. The second-order valence-electron chi connectivity index (χ2n) is 6.71. The maximum absolute atomic E-state index is 12.2. The van der Waals surface area contributed by atoms with E-state index < -0.39 is 0 Å². The Morgan fingerprint density at radius 3 is 2.73 bits per heavy atom. The molecule has 0 spiro atoms. The number of hydrogen-bond donors (Lipinski definition) is 3. The Bertz CT molecular complexity index is 1160. The maximum atomic E-state index is 12.2. The van der Waals surface area contributed by atoms with Crippen molar-refractivity contribution in [3.05, 3.63) is 66.2 Å². The van der Waals surface area contributed by atoms with Gasteiger partial charge in [-0.3, -0.25) is 4.79 Å². The van der Waals surface area contributed by atoms with E-state index in [1.807, 2.05) is 43.3 Å². The van der Waals surface area contributed by atoms with Crippen molar-refractivity contribution in [1.82, 2.24) is 25.4 Å².